The van der Waals surface area contributed by atoms with Crippen LogP contribution in [0.3, 0.4) is 0 Å². The van der Waals surface area contributed by atoms with Gasteiger partial charge in [0.15, 0.2) is 0 Å². The zero-order chi connectivity index (χ0) is 13.2. The van der Waals surface area contributed by atoms with Crippen molar-refractivity contribution < 1.29 is 14.6 Å². The summed E-state index contributed by atoms with van der Waals surface area (Å²) in [6.07, 6.45) is 1.83. The quantitative estimate of drug-likeness (QED) is 0.894. The fourth-order valence-electron chi connectivity index (χ4n) is 2.69. The number of aryl methyl sites for hydroxylation is 2. The van der Waals surface area contributed by atoms with Crippen LogP contribution in [0, 0.1) is 19.3 Å². The van der Waals surface area contributed by atoms with Crippen molar-refractivity contribution in [3.05, 3.63) is 34.9 Å². The molecule has 0 atom stereocenters. The Morgan fingerprint density at radius 1 is 1.28 bits per heavy atom. The molecule has 0 bridgehead atoms. The summed E-state index contributed by atoms with van der Waals surface area (Å²) < 4.78 is 5.31. The zero-order valence-electron chi connectivity index (χ0n) is 11.0. The van der Waals surface area contributed by atoms with E-state index < -0.39 is 11.4 Å². The van der Waals surface area contributed by atoms with Crippen LogP contribution in [-0.2, 0) is 16.0 Å². The van der Waals surface area contributed by atoms with E-state index in [-0.39, 0.29) is 0 Å². The molecule has 1 heterocycles. The van der Waals surface area contributed by atoms with E-state index in [1.54, 1.807) is 0 Å². The van der Waals surface area contributed by atoms with Gasteiger partial charge in [-0.15, -0.1) is 0 Å². The molecule has 0 radical (unpaired) electrons. The average Bonchev–Trinajstić information content (AvgIpc) is 2.35. The summed E-state index contributed by atoms with van der Waals surface area (Å²) in [5.74, 6) is -0.687. The first-order chi connectivity index (χ1) is 8.55. The van der Waals surface area contributed by atoms with Crippen molar-refractivity contribution in [2.75, 3.05) is 13.2 Å². The molecule has 0 saturated carbocycles. The fraction of sp³-hybridized carbons (Fsp3) is 0.533. The molecule has 1 aliphatic heterocycles. The second-order valence-electron chi connectivity index (χ2n) is 5.24. The monoisotopic (exact) mass is 248 g/mol. The molecular weight excluding hydrogens is 228 g/mol. The van der Waals surface area contributed by atoms with Gasteiger partial charge in [0.05, 0.1) is 5.41 Å². The molecule has 1 aromatic rings. The summed E-state index contributed by atoms with van der Waals surface area (Å²) in [5.41, 5.74) is 2.90. The van der Waals surface area contributed by atoms with E-state index in [1.807, 2.05) is 6.07 Å². The predicted octanol–water partition coefficient (Wildman–Crippen LogP) is 2.73. The van der Waals surface area contributed by atoms with E-state index in [0.29, 0.717) is 32.5 Å². The molecule has 0 aliphatic carbocycles. The molecule has 0 unspecified atom stereocenters. The number of rotatable bonds is 3. The second kappa shape index (κ2) is 5.11. The Morgan fingerprint density at radius 2 is 1.83 bits per heavy atom. The van der Waals surface area contributed by atoms with E-state index in [0.717, 1.165) is 0 Å². The molecule has 0 amide bonds. The van der Waals surface area contributed by atoms with E-state index in [4.69, 9.17) is 4.74 Å². The van der Waals surface area contributed by atoms with Crippen LogP contribution >= 0.6 is 0 Å². The Morgan fingerprint density at radius 3 is 2.33 bits per heavy atom. The fourth-order valence-corrected chi connectivity index (χ4v) is 2.69. The van der Waals surface area contributed by atoms with Crippen LogP contribution in [0.15, 0.2) is 18.2 Å². The Labute approximate surface area is 108 Å². The summed E-state index contributed by atoms with van der Waals surface area (Å²) in [4.78, 5) is 11.6. The number of aliphatic carboxylic acids is 1. The van der Waals surface area contributed by atoms with Crippen molar-refractivity contribution in [1.82, 2.24) is 0 Å². The summed E-state index contributed by atoms with van der Waals surface area (Å²) >= 11 is 0. The average molecular weight is 248 g/mol. The molecule has 2 rings (SSSR count). The molecule has 1 N–H and O–H groups in total. The van der Waals surface area contributed by atoms with Gasteiger partial charge >= 0.3 is 5.97 Å². The highest BCUT2D eigenvalue weighted by Crippen LogP contribution is 2.36. The van der Waals surface area contributed by atoms with Gasteiger partial charge < -0.3 is 9.84 Å². The number of hydrogen-bond donors (Lipinski definition) is 1. The molecule has 3 heteroatoms. The van der Waals surface area contributed by atoms with E-state index in [2.05, 4.69) is 26.0 Å². The highest BCUT2D eigenvalue weighted by Gasteiger charge is 2.40. The molecular formula is C15H20O3. The molecule has 18 heavy (non-hydrogen) atoms. The molecule has 1 fully saturated rings. The molecule has 0 spiro atoms. The summed E-state index contributed by atoms with van der Waals surface area (Å²) in [7, 11) is 0. The number of carboxylic acid groups (broad SMARTS) is 1. The number of carboxylic acids is 1. The highest BCUT2D eigenvalue weighted by molar-refractivity contribution is 5.75. The molecule has 0 aromatic heterocycles. The third-order valence-corrected chi connectivity index (χ3v) is 4.06. The lowest BCUT2D eigenvalue weighted by Gasteiger charge is -2.34. The molecule has 3 nitrogen and oxygen atoms in total. The number of carbonyl (C=O) groups is 1. The highest BCUT2D eigenvalue weighted by atomic mass is 16.5. The standard InChI is InChI=1S/C15H20O3/c1-11-4-3-5-12(2)13(11)10-15(14(16)17)6-8-18-9-7-15/h3-5H,6-10H2,1-2H3,(H,16,17). The van der Waals surface area contributed by atoms with Crippen LogP contribution in [0.1, 0.15) is 29.5 Å². The molecule has 1 saturated heterocycles. The molecule has 1 aromatic carbocycles. The maximum absolute atomic E-state index is 11.6. The summed E-state index contributed by atoms with van der Waals surface area (Å²) in [6.45, 7) is 5.21. The number of benzene rings is 1. The van der Waals surface area contributed by atoms with E-state index in [9.17, 15) is 9.90 Å². The smallest absolute Gasteiger partial charge is 0.310 e. The summed E-state index contributed by atoms with van der Waals surface area (Å²) in [5, 5.41) is 9.58. The van der Waals surface area contributed by atoms with Gasteiger partial charge in [0.1, 0.15) is 0 Å². The molecule has 98 valence electrons. The van der Waals surface area contributed by atoms with Crippen molar-refractivity contribution >= 4 is 5.97 Å². The van der Waals surface area contributed by atoms with Crippen molar-refractivity contribution in [2.24, 2.45) is 5.41 Å². The first-order valence-electron chi connectivity index (χ1n) is 6.41. The molecule has 1 aliphatic rings. The Kier molecular flexibility index (Phi) is 3.71. The van der Waals surface area contributed by atoms with Gasteiger partial charge in [-0.1, -0.05) is 18.2 Å². The SMILES string of the molecule is Cc1cccc(C)c1CC1(C(=O)O)CCOCC1. The van der Waals surface area contributed by atoms with Crippen LogP contribution in [0.5, 0.6) is 0 Å². The predicted molar refractivity (Wildman–Crippen MR) is 69.7 cm³/mol. The Balaban J connectivity index is 2.32. The third kappa shape index (κ3) is 2.41. The van der Waals surface area contributed by atoms with Crippen LogP contribution in [0.25, 0.3) is 0 Å². The normalized spacial score (nSPS) is 18.6. The van der Waals surface area contributed by atoms with Crippen LogP contribution < -0.4 is 0 Å². The Bertz CT molecular complexity index is 425. The van der Waals surface area contributed by atoms with E-state index in [1.165, 1.54) is 16.7 Å². The number of hydrogen-bond acceptors (Lipinski definition) is 2. The van der Waals surface area contributed by atoms with Gasteiger partial charge in [-0.2, -0.15) is 0 Å². The lowest BCUT2D eigenvalue weighted by atomic mass is 9.74. The van der Waals surface area contributed by atoms with Crippen LogP contribution in [0.4, 0.5) is 0 Å². The first kappa shape index (κ1) is 13.1. The van der Waals surface area contributed by atoms with Gasteiger partial charge in [-0.05, 0) is 49.8 Å². The van der Waals surface area contributed by atoms with Crippen molar-refractivity contribution in [3.8, 4) is 0 Å². The maximum atomic E-state index is 11.6. The second-order valence-corrected chi connectivity index (χ2v) is 5.24. The third-order valence-electron chi connectivity index (χ3n) is 4.06. The van der Waals surface area contributed by atoms with Crippen LogP contribution in [0.2, 0.25) is 0 Å². The minimum atomic E-state index is -0.687. The van der Waals surface area contributed by atoms with Gasteiger partial charge in [0, 0.05) is 13.2 Å². The minimum Gasteiger partial charge on any atom is -0.481 e. The largest absolute Gasteiger partial charge is 0.481 e. The van der Waals surface area contributed by atoms with Crippen molar-refractivity contribution in [1.29, 1.82) is 0 Å². The Hall–Kier alpha value is -1.35. The first-order valence-corrected chi connectivity index (χ1v) is 6.41. The van der Waals surface area contributed by atoms with Crippen molar-refractivity contribution in [2.45, 2.75) is 33.1 Å². The lowest BCUT2D eigenvalue weighted by molar-refractivity contribution is -0.154. The minimum absolute atomic E-state index is 0.553. The van der Waals surface area contributed by atoms with Gasteiger partial charge in [0.2, 0.25) is 0 Å². The van der Waals surface area contributed by atoms with Crippen LogP contribution in [-0.4, -0.2) is 24.3 Å². The van der Waals surface area contributed by atoms with Gasteiger partial charge in [0.25, 0.3) is 0 Å². The zero-order valence-corrected chi connectivity index (χ0v) is 11.0. The van der Waals surface area contributed by atoms with E-state index >= 15 is 0 Å². The lowest BCUT2D eigenvalue weighted by Crippen LogP contribution is -2.39. The topological polar surface area (TPSA) is 46.5 Å². The van der Waals surface area contributed by atoms with Crippen molar-refractivity contribution in [3.63, 3.8) is 0 Å². The van der Waals surface area contributed by atoms with Gasteiger partial charge in [-0.25, -0.2) is 0 Å². The maximum Gasteiger partial charge on any atom is 0.310 e. The van der Waals surface area contributed by atoms with Gasteiger partial charge in [-0.3, -0.25) is 4.79 Å². The summed E-state index contributed by atoms with van der Waals surface area (Å²) in [6, 6.07) is 6.13. The number of ether oxygens (including phenoxy) is 1.